The number of nitrogens with zero attached hydrogens (tertiary/aromatic N) is 1. The fraction of sp³-hybridized carbons (Fsp3) is 1.00. The summed E-state index contributed by atoms with van der Waals surface area (Å²) in [7, 11) is 0. The minimum atomic E-state index is 0.656. The maximum Gasteiger partial charge on any atom is 0.0635 e. The van der Waals surface area contributed by atoms with E-state index in [1.807, 2.05) is 0 Å². The molecule has 1 aliphatic carbocycles. The summed E-state index contributed by atoms with van der Waals surface area (Å²) in [5, 5.41) is 3.70. The molecule has 2 heterocycles. The van der Waals surface area contributed by atoms with Gasteiger partial charge in [-0.1, -0.05) is 12.8 Å². The summed E-state index contributed by atoms with van der Waals surface area (Å²) in [6.45, 7) is 4.19. The Balaban J connectivity index is 1.74. The molecule has 3 heteroatoms. The molecule has 0 aromatic rings. The Bertz CT molecular complexity index is 187. The van der Waals surface area contributed by atoms with Crippen LogP contribution in [0.2, 0.25) is 0 Å². The van der Waals surface area contributed by atoms with Gasteiger partial charge in [0, 0.05) is 31.2 Å². The van der Waals surface area contributed by atoms with Gasteiger partial charge in [0.15, 0.2) is 0 Å². The van der Waals surface area contributed by atoms with Gasteiger partial charge >= 0.3 is 0 Å². The van der Waals surface area contributed by atoms with Crippen molar-refractivity contribution < 1.29 is 4.74 Å². The van der Waals surface area contributed by atoms with Crippen molar-refractivity contribution in [3.05, 3.63) is 0 Å². The molecule has 3 unspecified atom stereocenters. The molecule has 0 spiro atoms. The predicted molar refractivity (Wildman–Crippen MR) is 55.4 cm³/mol. The summed E-state index contributed by atoms with van der Waals surface area (Å²) < 4.78 is 5.54. The Labute approximate surface area is 85.8 Å². The van der Waals surface area contributed by atoms with Crippen LogP contribution in [0.1, 0.15) is 25.7 Å². The van der Waals surface area contributed by atoms with Crippen molar-refractivity contribution in [2.45, 2.75) is 43.8 Å². The Kier molecular flexibility index (Phi) is 2.48. The molecule has 2 saturated heterocycles. The normalized spacial score (nSPS) is 44.1. The molecule has 80 valence electrons. The lowest BCUT2D eigenvalue weighted by Crippen LogP contribution is -2.66. The quantitative estimate of drug-likeness (QED) is 0.614. The molecule has 3 aliphatic rings. The van der Waals surface area contributed by atoms with Crippen molar-refractivity contribution in [2.75, 3.05) is 26.3 Å². The third-order valence-electron chi connectivity index (χ3n) is 4.04. The summed E-state index contributed by atoms with van der Waals surface area (Å²) >= 11 is 0. The Morgan fingerprint density at radius 2 is 2.14 bits per heavy atom. The Morgan fingerprint density at radius 3 is 3.14 bits per heavy atom. The van der Waals surface area contributed by atoms with E-state index in [0.29, 0.717) is 6.04 Å². The van der Waals surface area contributed by atoms with E-state index in [0.717, 1.165) is 38.4 Å². The van der Waals surface area contributed by atoms with Gasteiger partial charge in [-0.15, -0.1) is 0 Å². The van der Waals surface area contributed by atoms with Crippen molar-refractivity contribution in [3.8, 4) is 0 Å². The number of hydrogen-bond donors (Lipinski definition) is 1. The molecule has 0 bridgehead atoms. The van der Waals surface area contributed by atoms with E-state index in [-0.39, 0.29) is 0 Å². The number of piperazine rings is 1. The second kappa shape index (κ2) is 3.80. The molecule has 3 atom stereocenters. The highest BCUT2D eigenvalue weighted by atomic mass is 16.5. The van der Waals surface area contributed by atoms with E-state index in [1.54, 1.807) is 0 Å². The van der Waals surface area contributed by atoms with Crippen LogP contribution in [0.25, 0.3) is 0 Å². The Morgan fingerprint density at radius 1 is 1.21 bits per heavy atom. The molecule has 0 aromatic heterocycles. The van der Waals surface area contributed by atoms with E-state index in [2.05, 4.69) is 10.2 Å². The van der Waals surface area contributed by atoms with E-state index in [1.165, 1.54) is 25.7 Å². The standard InChI is InChI=1S/C11H20N2O/c1-2-4-11-10(3-1)12-7-9-8-14-6-5-13(9)11/h9-12H,1-8H2. The zero-order valence-electron chi connectivity index (χ0n) is 8.74. The fourth-order valence-electron chi connectivity index (χ4n) is 3.31. The summed E-state index contributed by atoms with van der Waals surface area (Å²) in [6.07, 6.45) is 5.62. The predicted octanol–water partition coefficient (Wildman–Crippen LogP) is 0.602. The first-order chi connectivity index (χ1) is 6.95. The highest BCUT2D eigenvalue weighted by molar-refractivity contribution is 4.97. The fourth-order valence-corrected chi connectivity index (χ4v) is 3.31. The molecular formula is C11H20N2O. The SMILES string of the molecule is C1CCC2C(C1)NCC1COCCN12. The van der Waals surface area contributed by atoms with Crippen LogP contribution in [-0.2, 0) is 4.74 Å². The molecule has 0 amide bonds. The van der Waals surface area contributed by atoms with Gasteiger partial charge in [0.1, 0.15) is 0 Å². The number of rotatable bonds is 0. The van der Waals surface area contributed by atoms with Crippen molar-refractivity contribution in [1.29, 1.82) is 0 Å². The van der Waals surface area contributed by atoms with E-state index < -0.39 is 0 Å². The van der Waals surface area contributed by atoms with Crippen LogP contribution in [0.5, 0.6) is 0 Å². The van der Waals surface area contributed by atoms with Gasteiger partial charge in [-0.25, -0.2) is 0 Å². The number of hydrogen-bond acceptors (Lipinski definition) is 3. The first-order valence-electron chi connectivity index (χ1n) is 6.02. The van der Waals surface area contributed by atoms with Crippen LogP contribution >= 0.6 is 0 Å². The first-order valence-corrected chi connectivity index (χ1v) is 6.02. The van der Waals surface area contributed by atoms with Crippen molar-refractivity contribution in [3.63, 3.8) is 0 Å². The molecule has 14 heavy (non-hydrogen) atoms. The lowest BCUT2D eigenvalue weighted by atomic mass is 9.86. The van der Waals surface area contributed by atoms with Crippen LogP contribution < -0.4 is 5.32 Å². The molecule has 1 N–H and O–H groups in total. The summed E-state index contributed by atoms with van der Waals surface area (Å²) in [4.78, 5) is 2.71. The third-order valence-corrected chi connectivity index (χ3v) is 4.04. The van der Waals surface area contributed by atoms with Crippen molar-refractivity contribution >= 4 is 0 Å². The molecule has 3 nitrogen and oxygen atoms in total. The van der Waals surface area contributed by atoms with E-state index >= 15 is 0 Å². The third kappa shape index (κ3) is 1.47. The molecule has 1 saturated carbocycles. The lowest BCUT2D eigenvalue weighted by molar-refractivity contribution is -0.0628. The van der Waals surface area contributed by atoms with E-state index in [4.69, 9.17) is 4.74 Å². The highest BCUT2D eigenvalue weighted by Crippen LogP contribution is 2.28. The maximum absolute atomic E-state index is 5.54. The van der Waals surface area contributed by atoms with Gasteiger partial charge in [0.25, 0.3) is 0 Å². The van der Waals surface area contributed by atoms with Crippen LogP contribution in [-0.4, -0.2) is 49.3 Å². The smallest absolute Gasteiger partial charge is 0.0635 e. The molecular weight excluding hydrogens is 176 g/mol. The molecule has 3 fully saturated rings. The van der Waals surface area contributed by atoms with Gasteiger partial charge in [-0.3, -0.25) is 4.90 Å². The van der Waals surface area contributed by atoms with Gasteiger partial charge in [-0.2, -0.15) is 0 Å². The largest absolute Gasteiger partial charge is 0.378 e. The average molecular weight is 196 g/mol. The summed E-state index contributed by atoms with van der Waals surface area (Å²) in [5.74, 6) is 0. The zero-order valence-corrected chi connectivity index (χ0v) is 8.74. The summed E-state index contributed by atoms with van der Waals surface area (Å²) in [5.41, 5.74) is 0. The number of morpholine rings is 1. The molecule has 3 rings (SSSR count). The van der Waals surface area contributed by atoms with Gasteiger partial charge in [0.2, 0.25) is 0 Å². The average Bonchev–Trinajstić information content (AvgIpc) is 2.29. The minimum Gasteiger partial charge on any atom is -0.378 e. The monoisotopic (exact) mass is 196 g/mol. The maximum atomic E-state index is 5.54. The van der Waals surface area contributed by atoms with Crippen LogP contribution in [0.3, 0.4) is 0 Å². The zero-order chi connectivity index (χ0) is 9.38. The van der Waals surface area contributed by atoms with Gasteiger partial charge in [0.05, 0.1) is 13.2 Å². The Hall–Kier alpha value is -0.120. The van der Waals surface area contributed by atoms with E-state index in [9.17, 15) is 0 Å². The summed E-state index contributed by atoms with van der Waals surface area (Å²) in [6, 6.07) is 2.24. The number of nitrogens with one attached hydrogen (secondary N) is 1. The van der Waals surface area contributed by atoms with Crippen molar-refractivity contribution in [1.82, 2.24) is 10.2 Å². The molecule has 2 aliphatic heterocycles. The minimum absolute atomic E-state index is 0.656. The first kappa shape index (κ1) is 9.13. The van der Waals surface area contributed by atoms with Crippen LogP contribution in [0, 0.1) is 0 Å². The van der Waals surface area contributed by atoms with Crippen molar-refractivity contribution in [2.24, 2.45) is 0 Å². The molecule has 0 aromatic carbocycles. The molecule has 0 radical (unpaired) electrons. The van der Waals surface area contributed by atoms with Gasteiger partial charge in [-0.05, 0) is 12.8 Å². The van der Waals surface area contributed by atoms with Gasteiger partial charge < -0.3 is 10.1 Å². The van der Waals surface area contributed by atoms with Crippen LogP contribution in [0.4, 0.5) is 0 Å². The second-order valence-corrected chi connectivity index (χ2v) is 4.83. The number of fused-ring (bicyclic) bond motifs is 3. The lowest BCUT2D eigenvalue weighted by Gasteiger charge is -2.50. The topological polar surface area (TPSA) is 24.5 Å². The number of ether oxygens (including phenoxy) is 1. The second-order valence-electron chi connectivity index (χ2n) is 4.83. The van der Waals surface area contributed by atoms with Crippen LogP contribution in [0.15, 0.2) is 0 Å². The highest BCUT2D eigenvalue weighted by Gasteiger charge is 2.39.